The van der Waals surface area contributed by atoms with Gasteiger partial charge in [-0.25, -0.2) is 0 Å². The number of carbonyl (C=O) groups is 1. The van der Waals surface area contributed by atoms with Gasteiger partial charge in [-0.05, 0) is 24.3 Å². The molecule has 168 valence electrons. The smallest absolute Gasteiger partial charge is 0.452 e. The number of carboxylic acid groups (broad SMARTS) is 1. The van der Waals surface area contributed by atoms with Crippen LogP contribution in [0.3, 0.4) is 0 Å². The quantitative estimate of drug-likeness (QED) is 0.541. The molecule has 7 nitrogen and oxygen atoms in total. The fraction of sp³-hybridized carbons (Fsp3) is 0.250. The predicted molar refractivity (Wildman–Crippen MR) is 107 cm³/mol. The van der Waals surface area contributed by atoms with E-state index in [0.29, 0.717) is 5.56 Å². The van der Waals surface area contributed by atoms with Gasteiger partial charge in [0.15, 0.2) is 5.82 Å². The number of aliphatic carboxylic acids is 1. The van der Waals surface area contributed by atoms with Crippen LogP contribution in [-0.4, -0.2) is 33.0 Å². The van der Waals surface area contributed by atoms with Crippen LogP contribution in [0.1, 0.15) is 41.4 Å². The van der Waals surface area contributed by atoms with Gasteiger partial charge in [0.25, 0.3) is 0 Å². The van der Waals surface area contributed by atoms with Crippen LogP contribution in [0.4, 0.5) is 13.2 Å². The van der Waals surface area contributed by atoms with Gasteiger partial charge in [0.1, 0.15) is 18.0 Å². The number of hydrogen-bond acceptors (Lipinski definition) is 5. The van der Waals surface area contributed by atoms with Gasteiger partial charge in [-0.2, -0.15) is 13.2 Å². The molecule has 3 aromatic rings. The predicted octanol–water partition coefficient (Wildman–Crippen LogP) is 5.24. The minimum atomic E-state index is -4.86. The Morgan fingerprint density at radius 3 is 2.62 bits per heavy atom. The van der Waals surface area contributed by atoms with Gasteiger partial charge in [-0.3, -0.25) is 9.36 Å². The summed E-state index contributed by atoms with van der Waals surface area (Å²) >= 11 is 12.4. The number of carboxylic acids is 1. The van der Waals surface area contributed by atoms with E-state index in [1.807, 2.05) is 0 Å². The Morgan fingerprint density at radius 1 is 1.22 bits per heavy atom. The zero-order valence-corrected chi connectivity index (χ0v) is 17.7. The van der Waals surface area contributed by atoms with E-state index in [4.69, 9.17) is 32.7 Å². The van der Waals surface area contributed by atoms with Crippen molar-refractivity contribution < 1.29 is 32.5 Å². The Labute approximate surface area is 189 Å². The standard InChI is InChI=1S/C20H14Cl2F3N3O4/c1-31-17-10(3-2-4-12(17)22)16-11-7-9(21)5-6-13(11)28-18(14(32-16)8-15(29)30)26-27-19(28)20(23,24)25/h2-7,14,16H,8H2,1H3,(H,29,30)/t14-,16-/m1/s1. The number of halogens is 5. The maximum Gasteiger partial charge on any atom is 0.452 e. The minimum Gasteiger partial charge on any atom is -0.495 e. The number of alkyl halides is 3. The summed E-state index contributed by atoms with van der Waals surface area (Å²) in [5.74, 6) is -2.67. The summed E-state index contributed by atoms with van der Waals surface area (Å²) in [6.07, 6.45) is -7.94. The van der Waals surface area contributed by atoms with Crippen LogP contribution in [0.2, 0.25) is 10.0 Å². The molecule has 1 aliphatic rings. The molecule has 12 heteroatoms. The zero-order valence-electron chi connectivity index (χ0n) is 16.2. The number of nitrogens with zero attached hydrogens (tertiary/aromatic N) is 3. The molecule has 0 radical (unpaired) electrons. The van der Waals surface area contributed by atoms with E-state index >= 15 is 0 Å². The van der Waals surface area contributed by atoms with Gasteiger partial charge in [-0.1, -0.05) is 35.3 Å². The van der Waals surface area contributed by atoms with Gasteiger partial charge >= 0.3 is 12.1 Å². The molecular formula is C20H14Cl2F3N3O4. The second kappa shape index (κ2) is 8.27. The van der Waals surface area contributed by atoms with E-state index in [0.717, 1.165) is 4.57 Å². The van der Waals surface area contributed by atoms with Crippen molar-refractivity contribution in [3.8, 4) is 11.4 Å². The Kier molecular flexibility index (Phi) is 5.78. The summed E-state index contributed by atoms with van der Waals surface area (Å²) in [6, 6.07) is 9.03. The van der Waals surface area contributed by atoms with Crippen molar-refractivity contribution in [2.75, 3.05) is 7.11 Å². The van der Waals surface area contributed by atoms with Gasteiger partial charge in [0, 0.05) is 16.1 Å². The zero-order chi connectivity index (χ0) is 23.2. The van der Waals surface area contributed by atoms with Crippen molar-refractivity contribution >= 4 is 29.2 Å². The van der Waals surface area contributed by atoms with E-state index in [9.17, 15) is 23.1 Å². The Hall–Kier alpha value is -2.82. The molecule has 2 heterocycles. The lowest BCUT2D eigenvalue weighted by Crippen LogP contribution is -2.17. The Balaban J connectivity index is 2.04. The average molecular weight is 488 g/mol. The largest absolute Gasteiger partial charge is 0.495 e. The number of methoxy groups -OCH3 is 1. The van der Waals surface area contributed by atoms with E-state index in [-0.39, 0.29) is 32.9 Å². The molecule has 0 saturated carbocycles. The van der Waals surface area contributed by atoms with Crippen LogP contribution in [0.5, 0.6) is 5.75 Å². The summed E-state index contributed by atoms with van der Waals surface area (Å²) in [4.78, 5) is 11.5. The van der Waals surface area contributed by atoms with E-state index in [1.165, 1.54) is 25.3 Å². The van der Waals surface area contributed by atoms with Crippen molar-refractivity contribution in [1.82, 2.24) is 14.8 Å². The third kappa shape index (κ3) is 3.89. The number of ether oxygens (including phenoxy) is 2. The first kappa shape index (κ1) is 22.4. The van der Waals surface area contributed by atoms with Gasteiger partial charge in [0.05, 0.1) is 24.2 Å². The highest BCUT2D eigenvalue weighted by molar-refractivity contribution is 6.32. The molecular weight excluding hydrogens is 474 g/mol. The lowest BCUT2D eigenvalue weighted by Gasteiger charge is -2.24. The van der Waals surface area contributed by atoms with Crippen LogP contribution < -0.4 is 4.74 Å². The third-order valence-corrected chi connectivity index (χ3v) is 5.42. The molecule has 1 aromatic heterocycles. The highest BCUT2D eigenvalue weighted by atomic mass is 35.5. The highest BCUT2D eigenvalue weighted by Crippen LogP contribution is 2.46. The van der Waals surface area contributed by atoms with Crippen molar-refractivity contribution in [2.45, 2.75) is 24.8 Å². The number of hydrogen-bond donors (Lipinski definition) is 1. The van der Waals surface area contributed by atoms with E-state index in [1.54, 1.807) is 18.2 Å². The second-order valence-electron chi connectivity index (χ2n) is 6.88. The summed E-state index contributed by atoms with van der Waals surface area (Å²) in [6.45, 7) is 0. The van der Waals surface area contributed by atoms with Gasteiger partial charge in [-0.15, -0.1) is 10.2 Å². The molecule has 1 N–H and O–H groups in total. The van der Waals surface area contributed by atoms with E-state index in [2.05, 4.69) is 10.2 Å². The molecule has 2 atom stereocenters. The molecule has 2 aromatic carbocycles. The van der Waals surface area contributed by atoms with E-state index < -0.39 is 36.6 Å². The van der Waals surface area contributed by atoms with Crippen molar-refractivity contribution in [3.63, 3.8) is 0 Å². The van der Waals surface area contributed by atoms with Crippen LogP contribution in [0.15, 0.2) is 36.4 Å². The molecule has 0 bridgehead atoms. The number of rotatable bonds is 4. The first-order chi connectivity index (χ1) is 15.1. The normalized spacial score (nSPS) is 17.9. The first-order valence-corrected chi connectivity index (χ1v) is 9.89. The Morgan fingerprint density at radius 2 is 1.97 bits per heavy atom. The Bertz CT molecular complexity index is 1200. The molecule has 0 amide bonds. The summed E-state index contributed by atoms with van der Waals surface area (Å²) in [7, 11) is 1.38. The van der Waals surface area contributed by atoms with Crippen molar-refractivity contribution in [1.29, 1.82) is 0 Å². The summed E-state index contributed by atoms with van der Waals surface area (Å²) in [5.41, 5.74) is 0.658. The number of para-hydroxylation sites is 1. The molecule has 1 aliphatic heterocycles. The molecule has 0 unspecified atom stereocenters. The maximum absolute atomic E-state index is 13.8. The maximum atomic E-state index is 13.8. The number of aromatic nitrogens is 3. The van der Waals surface area contributed by atoms with Crippen molar-refractivity contribution in [2.24, 2.45) is 0 Å². The van der Waals surface area contributed by atoms with Crippen molar-refractivity contribution in [3.05, 3.63) is 69.2 Å². The SMILES string of the molecule is COc1c(Cl)cccc1[C@H]1O[C@H](CC(=O)O)c2nnc(C(F)(F)F)n2-c2ccc(Cl)cc21. The lowest BCUT2D eigenvalue weighted by atomic mass is 9.98. The fourth-order valence-corrected chi connectivity index (χ4v) is 4.09. The van der Waals surface area contributed by atoms with Crippen LogP contribution >= 0.6 is 23.2 Å². The average Bonchev–Trinajstić information content (AvgIpc) is 3.11. The first-order valence-electron chi connectivity index (χ1n) is 9.13. The summed E-state index contributed by atoms with van der Waals surface area (Å²) in [5, 5.41) is 16.8. The molecule has 32 heavy (non-hydrogen) atoms. The fourth-order valence-electron chi connectivity index (χ4n) is 3.65. The van der Waals surface area contributed by atoms with Gasteiger partial charge in [0.2, 0.25) is 5.82 Å². The topological polar surface area (TPSA) is 86.5 Å². The molecule has 4 rings (SSSR count). The second-order valence-corrected chi connectivity index (χ2v) is 7.73. The molecule has 0 aliphatic carbocycles. The monoisotopic (exact) mass is 487 g/mol. The molecule has 0 fully saturated rings. The molecule has 0 spiro atoms. The summed E-state index contributed by atoms with van der Waals surface area (Å²) < 4.78 is 53.5. The number of benzene rings is 2. The number of fused-ring (bicyclic) bond motifs is 3. The van der Waals surface area contributed by atoms with Gasteiger partial charge < -0.3 is 14.6 Å². The minimum absolute atomic E-state index is 0.0432. The highest BCUT2D eigenvalue weighted by Gasteiger charge is 2.43. The lowest BCUT2D eigenvalue weighted by molar-refractivity contribution is -0.146. The van der Waals surface area contributed by atoms with Crippen LogP contribution in [-0.2, 0) is 15.7 Å². The third-order valence-electron chi connectivity index (χ3n) is 4.89. The van der Waals surface area contributed by atoms with Crippen LogP contribution in [0.25, 0.3) is 5.69 Å². The van der Waals surface area contributed by atoms with Crippen LogP contribution in [0, 0.1) is 0 Å². The molecule has 0 saturated heterocycles.